The van der Waals surface area contributed by atoms with E-state index in [1.165, 1.54) is 14.7 Å². The van der Waals surface area contributed by atoms with Crippen molar-refractivity contribution >= 4 is 30.1 Å². The molecular weight excluding hydrogens is 407 g/mol. The zero-order valence-corrected chi connectivity index (χ0v) is 15.7. The van der Waals surface area contributed by atoms with E-state index in [9.17, 15) is 24.0 Å². The summed E-state index contributed by atoms with van der Waals surface area (Å²) >= 11 is 0. The predicted molar refractivity (Wildman–Crippen MR) is 87.1 cm³/mol. The SMILES string of the molecule is NC(=O)CN(CCN(CCN(C[C-]=O)CC(=O)O)CC(=O)O)CC(=O)O.[Mn]. The van der Waals surface area contributed by atoms with Crippen LogP contribution in [0.15, 0.2) is 0 Å². The zero-order chi connectivity index (χ0) is 20.1. The van der Waals surface area contributed by atoms with Gasteiger partial charge in [0.25, 0.3) is 0 Å². The zero-order valence-electron chi connectivity index (χ0n) is 14.5. The van der Waals surface area contributed by atoms with Crippen molar-refractivity contribution in [1.82, 2.24) is 14.7 Å². The Kier molecular flexibility index (Phi) is 15.1. The molecule has 12 nitrogen and oxygen atoms in total. The number of carbonyl (C=O) groups is 4. The summed E-state index contributed by atoms with van der Waals surface area (Å²) in [5.74, 6) is -4.15. The van der Waals surface area contributed by atoms with Gasteiger partial charge < -0.3 is 30.7 Å². The number of primary amides is 1. The third kappa shape index (κ3) is 15.9. The number of nitrogens with zero attached hydrogens (tertiary/aromatic N) is 3. The van der Waals surface area contributed by atoms with Crippen LogP contribution in [0.3, 0.4) is 0 Å². The molecule has 0 rings (SSSR count). The van der Waals surface area contributed by atoms with E-state index < -0.39 is 36.9 Å². The van der Waals surface area contributed by atoms with Gasteiger partial charge in [0.05, 0.1) is 26.2 Å². The fraction of sp³-hybridized carbons (Fsp3) is 0.643. The molecule has 1 radical (unpaired) electrons. The Balaban J connectivity index is 0. The second-order valence-corrected chi connectivity index (χ2v) is 5.49. The smallest absolute Gasteiger partial charge is 0.317 e. The summed E-state index contributed by atoms with van der Waals surface area (Å²) in [4.78, 5) is 57.9. The van der Waals surface area contributed by atoms with Crippen molar-refractivity contribution in [3.8, 4) is 0 Å². The molecule has 0 spiro atoms. The standard InChI is InChI=1S/C14H23N4O8.Mn/c15-11(20)7-18(10-14(25)26)4-3-16(8-12(21)22)1-2-17(5-6-19)9-13(23)24;/h1-5,7-10H2,(H2,15,20)(H,21,22)(H,23,24)(H,25,26);/q-1;. The van der Waals surface area contributed by atoms with Gasteiger partial charge in [0.15, 0.2) is 0 Å². The molecule has 0 heterocycles. The van der Waals surface area contributed by atoms with Crippen molar-refractivity contribution in [2.24, 2.45) is 5.73 Å². The topological polar surface area (TPSA) is 182 Å². The van der Waals surface area contributed by atoms with Crippen LogP contribution in [-0.2, 0) is 41.0 Å². The first-order valence-corrected chi connectivity index (χ1v) is 7.59. The fourth-order valence-corrected chi connectivity index (χ4v) is 2.15. The molecule has 0 aliphatic carbocycles. The maximum atomic E-state index is 11.0. The summed E-state index contributed by atoms with van der Waals surface area (Å²) in [6, 6.07) is 0. The summed E-state index contributed by atoms with van der Waals surface area (Å²) in [5, 5.41) is 26.6. The number of carbonyl (C=O) groups excluding carboxylic acids is 2. The summed E-state index contributed by atoms with van der Waals surface area (Å²) < 4.78 is 0. The van der Waals surface area contributed by atoms with Crippen LogP contribution >= 0.6 is 0 Å². The maximum Gasteiger partial charge on any atom is 0.317 e. The number of nitrogens with two attached hydrogens (primary N) is 1. The van der Waals surface area contributed by atoms with Gasteiger partial charge in [-0.25, -0.2) is 6.29 Å². The molecule has 0 unspecified atom stereocenters. The van der Waals surface area contributed by atoms with Crippen molar-refractivity contribution in [2.45, 2.75) is 0 Å². The molecule has 0 aliphatic rings. The molecule has 13 heteroatoms. The Morgan fingerprint density at radius 2 is 1.07 bits per heavy atom. The minimum atomic E-state index is -1.16. The molecule has 0 fully saturated rings. The first kappa shape index (κ1) is 27.2. The molecule has 27 heavy (non-hydrogen) atoms. The minimum Gasteiger partial charge on any atom is -0.541 e. The van der Waals surface area contributed by atoms with Crippen molar-refractivity contribution < 1.29 is 56.4 Å². The number of hydrogen-bond acceptors (Lipinski definition) is 8. The second-order valence-electron chi connectivity index (χ2n) is 5.49. The average molecular weight is 430 g/mol. The van der Waals surface area contributed by atoms with Crippen LogP contribution in [0, 0.1) is 0 Å². The summed E-state index contributed by atoms with van der Waals surface area (Å²) in [5.41, 5.74) is 5.05. The largest absolute Gasteiger partial charge is 0.541 e. The van der Waals surface area contributed by atoms with Crippen molar-refractivity contribution in [1.29, 1.82) is 0 Å². The van der Waals surface area contributed by atoms with Crippen LogP contribution in [0.2, 0.25) is 0 Å². The molecular formula is C14H23MnN4O8-. The monoisotopic (exact) mass is 430 g/mol. The van der Waals surface area contributed by atoms with Crippen LogP contribution < -0.4 is 5.73 Å². The second kappa shape index (κ2) is 15.1. The molecule has 155 valence electrons. The third-order valence-corrected chi connectivity index (χ3v) is 3.21. The molecule has 5 N–H and O–H groups in total. The number of rotatable bonds is 16. The Morgan fingerprint density at radius 3 is 1.48 bits per heavy atom. The van der Waals surface area contributed by atoms with E-state index in [1.54, 1.807) is 6.29 Å². The molecule has 1 amide bonds. The van der Waals surface area contributed by atoms with Gasteiger partial charge in [-0.05, 0) is 0 Å². The number of amides is 1. The molecule has 0 aromatic heterocycles. The summed E-state index contributed by atoms with van der Waals surface area (Å²) in [7, 11) is 0. The number of carboxylic acids is 3. The van der Waals surface area contributed by atoms with Crippen LogP contribution in [0.1, 0.15) is 0 Å². The number of aliphatic carboxylic acids is 3. The molecule has 0 atom stereocenters. The Morgan fingerprint density at radius 1 is 0.704 bits per heavy atom. The molecule has 0 saturated carbocycles. The Hall–Kier alpha value is -2.05. The van der Waals surface area contributed by atoms with Crippen LogP contribution in [0.4, 0.5) is 0 Å². The van der Waals surface area contributed by atoms with Gasteiger partial charge in [0.2, 0.25) is 5.91 Å². The van der Waals surface area contributed by atoms with E-state index in [-0.39, 0.29) is 62.9 Å². The molecule has 0 aromatic carbocycles. The Bertz CT molecular complexity index is 503. The van der Waals surface area contributed by atoms with Gasteiger partial charge in [0, 0.05) is 43.2 Å². The Labute approximate surface area is 166 Å². The molecule has 0 aliphatic heterocycles. The summed E-state index contributed by atoms with van der Waals surface area (Å²) in [6.45, 7) is -1.33. The first-order chi connectivity index (χ1) is 12.1. The van der Waals surface area contributed by atoms with E-state index in [0.717, 1.165) is 0 Å². The normalized spacial score (nSPS) is 10.6. The van der Waals surface area contributed by atoms with Gasteiger partial charge in [0.1, 0.15) is 0 Å². The van der Waals surface area contributed by atoms with Gasteiger partial charge in [-0.1, -0.05) is 6.54 Å². The number of hydrogen-bond donors (Lipinski definition) is 4. The fourth-order valence-electron chi connectivity index (χ4n) is 2.15. The van der Waals surface area contributed by atoms with Crippen LogP contribution in [0.25, 0.3) is 0 Å². The first-order valence-electron chi connectivity index (χ1n) is 7.59. The van der Waals surface area contributed by atoms with Gasteiger partial charge in [-0.2, -0.15) is 0 Å². The van der Waals surface area contributed by atoms with Crippen molar-refractivity contribution in [2.75, 3.05) is 58.9 Å². The molecule has 0 saturated heterocycles. The average Bonchev–Trinajstić information content (AvgIpc) is 2.47. The van der Waals surface area contributed by atoms with Gasteiger partial charge >= 0.3 is 17.9 Å². The maximum absolute atomic E-state index is 11.0. The van der Waals surface area contributed by atoms with Crippen molar-refractivity contribution in [3.05, 3.63) is 0 Å². The predicted octanol–water partition coefficient (Wildman–Crippen LogP) is -3.26. The van der Waals surface area contributed by atoms with E-state index in [4.69, 9.17) is 21.1 Å². The molecule has 0 bridgehead atoms. The van der Waals surface area contributed by atoms with E-state index in [1.807, 2.05) is 0 Å². The van der Waals surface area contributed by atoms with E-state index >= 15 is 0 Å². The van der Waals surface area contributed by atoms with Gasteiger partial charge in [-0.15, -0.1) is 0 Å². The van der Waals surface area contributed by atoms with E-state index in [0.29, 0.717) is 0 Å². The third-order valence-electron chi connectivity index (χ3n) is 3.21. The van der Waals surface area contributed by atoms with Crippen molar-refractivity contribution in [3.63, 3.8) is 0 Å². The quantitative estimate of drug-likeness (QED) is 0.142. The van der Waals surface area contributed by atoms with Gasteiger partial charge in [-0.3, -0.25) is 29.0 Å². The number of carboxylic acid groups (broad SMARTS) is 3. The van der Waals surface area contributed by atoms with Crippen LogP contribution in [-0.4, -0.2) is 119 Å². The van der Waals surface area contributed by atoms with E-state index in [2.05, 4.69) is 0 Å². The molecule has 0 aromatic rings. The summed E-state index contributed by atoms with van der Waals surface area (Å²) in [6.07, 6.45) is 1.58. The van der Waals surface area contributed by atoms with Crippen LogP contribution in [0.5, 0.6) is 0 Å². The minimum absolute atomic E-state index is 0.